The molecule has 1 aromatic heterocycles. The van der Waals surface area contributed by atoms with Crippen LogP contribution in [0.2, 0.25) is 0 Å². The van der Waals surface area contributed by atoms with Gasteiger partial charge in [0.15, 0.2) is 0 Å². The van der Waals surface area contributed by atoms with E-state index in [1.54, 1.807) is 17.7 Å². The van der Waals surface area contributed by atoms with E-state index in [1.165, 1.54) is 12.8 Å². The minimum Gasteiger partial charge on any atom is -0.300 e. The molecule has 1 heterocycles. The van der Waals surface area contributed by atoms with Crippen LogP contribution in [0.1, 0.15) is 31.7 Å². The van der Waals surface area contributed by atoms with Crippen molar-refractivity contribution in [3.63, 3.8) is 0 Å². The average molecular weight is 208 g/mol. The van der Waals surface area contributed by atoms with Gasteiger partial charge in [0.2, 0.25) is 0 Å². The van der Waals surface area contributed by atoms with Gasteiger partial charge in [-0.05, 0) is 31.6 Å². The van der Waals surface area contributed by atoms with Gasteiger partial charge in [-0.2, -0.15) is 0 Å². The SMILES string of the molecule is Cc1cn(CCC2(C)CC2)c(=O)[nH]c1=O. The highest BCUT2D eigenvalue weighted by molar-refractivity contribution is 5.01. The van der Waals surface area contributed by atoms with Gasteiger partial charge in [0.1, 0.15) is 0 Å². The van der Waals surface area contributed by atoms with Gasteiger partial charge in [-0.15, -0.1) is 0 Å². The molecule has 0 unspecified atom stereocenters. The summed E-state index contributed by atoms with van der Waals surface area (Å²) >= 11 is 0. The fourth-order valence-electron chi connectivity index (χ4n) is 1.64. The Kier molecular flexibility index (Phi) is 2.29. The fourth-order valence-corrected chi connectivity index (χ4v) is 1.64. The third-order valence-corrected chi connectivity index (χ3v) is 3.25. The lowest BCUT2D eigenvalue weighted by Gasteiger charge is -2.09. The Labute approximate surface area is 88.0 Å². The number of H-pyrrole nitrogens is 1. The highest BCUT2D eigenvalue weighted by atomic mass is 16.2. The summed E-state index contributed by atoms with van der Waals surface area (Å²) in [6.45, 7) is 4.65. The zero-order valence-corrected chi connectivity index (χ0v) is 9.17. The topological polar surface area (TPSA) is 54.9 Å². The maximum Gasteiger partial charge on any atom is 0.328 e. The minimum absolute atomic E-state index is 0.283. The Bertz CT molecular complexity index is 480. The molecule has 1 aliphatic rings. The smallest absolute Gasteiger partial charge is 0.300 e. The van der Waals surface area contributed by atoms with Gasteiger partial charge in [-0.1, -0.05) is 6.92 Å². The van der Waals surface area contributed by atoms with Crippen molar-refractivity contribution >= 4 is 0 Å². The molecule has 1 aromatic rings. The van der Waals surface area contributed by atoms with Crippen LogP contribution in [0.15, 0.2) is 15.8 Å². The Hall–Kier alpha value is -1.32. The lowest BCUT2D eigenvalue weighted by molar-refractivity contribution is 0.454. The second kappa shape index (κ2) is 3.36. The monoisotopic (exact) mass is 208 g/mol. The summed E-state index contributed by atoms with van der Waals surface area (Å²) in [5, 5.41) is 0. The molecular formula is C11H16N2O2. The van der Waals surface area contributed by atoms with Gasteiger partial charge in [0.25, 0.3) is 5.56 Å². The van der Waals surface area contributed by atoms with E-state index in [9.17, 15) is 9.59 Å². The molecule has 1 aliphatic carbocycles. The zero-order chi connectivity index (χ0) is 11.1. The van der Waals surface area contributed by atoms with E-state index in [0.717, 1.165) is 6.42 Å². The normalized spacial score (nSPS) is 17.7. The number of rotatable bonds is 3. The van der Waals surface area contributed by atoms with Crippen LogP contribution in [0.3, 0.4) is 0 Å². The third kappa shape index (κ3) is 2.19. The van der Waals surface area contributed by atoms with E-state index in [-0.39, 0.29) is 11.2 Å². The van der Waals surface area contributed by atoms with E-state index >= 15 is 0 Å². The van der Waals surface area contributed by atoms with Crippen LogP contribution in [-0.4, -0.2) is 9.55 Å². The first kappa shape index (κ1) is 10.2. The molecule has 0 aliphatic heterocycles. The second-order valence-corrected chi connectivity index (χ2v) is 4.83. The van der Waals surface area contributed by atoms with Crippen LogP contribution in [0.4, 0.5) is 0 Å². The van der Waals surface area contributed by atoms with Crippen molar-refractivity contribution in [3.05, 3.63) is 32.6 Å². The number of aromatic nitrogens is 2. The molecule has 1 fully saturated rings. The summed E-state index contributed by atoms with van der Waals surface area (Å²) in [7, 11) is 0. The highest BCUT2D eigenvalue weighted by Crippen LogP contribution is 2.48. The lowest BCUT2D eigenvalue weighted by atomic mass is 10.1. The predicted octanol–water partition coefficient (Wildman–Crippen LogP) is 1.04. The van der Waals surface area contributed by atoms with Crippen molar-refractivity contribution in [2.75, 3.05) is 0 Å². The summed E-state index contributed by atoms with van der Waals surface area (Å²) in [4.78, 5) is 24.9. The summed E-state index contributed by atoms with van der Waals surface area (Å²) in [5.41, 5.74) is 0.447. The van der Waals surface area contributed by atoms with Crippen LogP contribution in [0, 0.1) is 12.3 Å². The summed E-state index contributed by atoms with van der Waals surface area (Å²) in [5.74, 6) is 0. The number of nitrogens with zero attached hydrogens (tertiary/aromatic N) is 1. The average Bonchev–Trinajstić information content (AvgIpc) is 2.89. The Morgan fingerprint density at radius 1 is 1.47 bits per heavy atom. The molecule has 0 saturated heterocycles. The molecule has 1 N–H and O–H groups in total. The number of aryl methyl sites for hydroxylation is 2. The van der Waals surface area contributed by atoms with Gasteiger partial charge in [0.05, 0.1) is 0 Å². The Morgan fingerprint density at radius 3 is 2.73 bits per heavy atom. The van der Waals surface area contributed by atoms with Crippen molar-refractivity contribution in [1.29, 1.82) is 0 Å². The van der Waals surface area contributed by atoms with E-state index in [2.05, 4.69) is 11.9 Å². The van der Waals surface area contributed by atoms with E-state index in [0.29, 0.717) is 17.5 Å². The molecule has 15 heavy (non-hydrogen) atoms. The van der Waals surface area contributed by atoms with Crippen molar-refractivity contribution in [2.45, 2.75) is 39.7 Å². The Balaban J connectivity index is 2.17. The number of hydrogen-bond acceptors (Lipinski definition) is 2. The standard InChI is InChI=1S/C11H16N2O2/c1-8-7-13(10(15)12-9(8)14)6-5-11(2)3-4-11/h7H,3-6H2,1-2H3,(H,12,14,15). The molecule has 82 valence electrons. The first-order valence-corrected chi connectivity index (χ1v) is 5.31. The fraction of sp³-hybridized carbons (Fsp3) is 0.636. The molecule has 2 rings (SSSR count). The minimum atomic E-state index is -0.296. The van der Waals surface area contributed by atoms with Crippen LogP contribution < -0.4 is 11.2 Å². The molecule has 0 atom stereocenters. The summed E-state index contributed by atoms with van der Waals surface area (Å²) in [6, 6.07) is 0. The molecule has 0 radical (unpaired) electrons. The first-order chi connectivity index (χ1) is 7.00. The van der Waals surface area contributed by atoms with Crippen LogP contribution in [0.25, 0.3) is 0 Å². The van der Waals surface area contributed by atoms with Gasteiger partial charge < -0.3 is 4.57 Å². The first-order valence-electron chi connectivity index (χ1n) is 5.31. The largest absolute Gasteiger partial charge is 0.328 e. The molecule has 4 nitrogen and oxygen atoms in total. The van der Waals surface area contributed by atoms with E-state index < -0.39 is 0 Å². The van der Waals surface area contributed by atoms with E-state index in [1.807, 2.05) is 0 Å². The van der Waals surface area contributed by atoms with Crippen LogP contribution in [-0.2, 0) is 6.54 Å². The molecule has 0 bridgehead atoms. The molecule has 1 saturated carbocycles. The Morgan fingerprint density at radius 2 is 2.13 bits per heavy atom. The lowest BCUT2D eigenvalue weighted by Crippen LogP contribution is -2.31. The predicted molar refractivity (Wildman–Crippen MR) is 58.0 cm³/mol. The van der Waals surface area contributed by atoms with Gasteiger partial charge in [-0.3, -0.25) is 9.78 Å². The summed E-state index contributed by atoms with van der Waals surface area (Å²) in [6.07, 6.45) is 5.17. The number of hydrogen-bond donors (Lipinski definition) is 1. The summed E-state index contributed by atoms with van der Waals surface area (Å²) < 4.78 is 1.60. The maximum atomic E-state index is 11.4. The van der Waals surface area contributed by atoms with Gasteiger partial charge in [0, 0.05) is 18.3 Å². The molecule has 0 amide bonds. The van der Waals surface area contributed by atoms with Crippen molar-refractivity contribution in [1.82, 2.24) is 9.55 Å². The number of aromatic amines is 1. The number of nitrogens with one attached hydrogen (secondary N) is 1. The quantitative estimate of drug-likeness (QED) is 0.806. The van der Waals surface area contributed by atoms with Crippen molar-refractivity contribution in [2.24, 2.45) is 5.41 Å². The maximum absolute atomic E-state index is 11.4. The molecule has 0 spiro atoms. The van der Waals surface area contributed by atoms with Crippen molar-refractivity contribution in [3.8, 4) is 0 Å². The molecule has 4 heteroatoms. The molecular weight excluding hydrogens is 192 g/mol. The highest BCUT2D eigenvalue weighted by Gasteiger charge is 2.36. The third-order valence-electron chi connectivity index (χ3n) is 3.25. The molecule has 0 aromatic carbocycles. The second-order valence-electron chi connectivity index (χ2n) is 4.83. The van der Waals surface area contributed by atoms with E-state index in [4.69, 9.17) is 0 Å². The van der Waals surface area contributed by atoms with Gasteiger partial charge >= 0.3 is 5.69 Å². The van der Waals surface area contributed by atoms with Crippen LogP contribution in [0.5, 0.6) is 0 Å². The van der Waals surface area contributed by atoms with Crippen molar-refractivity contribution < 1.29 is 0 Å². The van der Waals surface area contributed by atoms with Crippen LogP contribution >= 0.6 is 0 Å². The zero-order valence-electron chi connectivity index (χ0n) is 9.17. The van der Waals surface area contributed by atoms with Gasteiger partial charge in [-0.25, -0.2) is 4.79 Å².